The van der Waals surface area contributed by atoms with Gasteiger partial charge in [-0.2, -0.15) is 5.26 Å². The van der Waals surface area contributed by atoms with Gasteiger partial charge in [0.15, 0.2) is 0 Å². The van der Waals surface area contributed by atoms with E-state index in [1.54, 1.807) is 48.2 Å². The summed E-state index contributed by atoms with van der Waals surface area (Å²) in [5.41, 5.74) is 1.93. The van der Waals surface area contributed by atoms with Crippen molar-refractivity contribution in [3.63, 3.8) is 0 Å². The number of nitrogens with zero attached hydrogens (tertiary/aromatic N) is 3. The van der Waals surface area contributed by atoms with Crippen LogP contribution in [0.15, 0.2) is 66.7 Å². The van der Waals surface area contributed by atoms with E-state index in [0.29, 0.717) is 48.4 Å². The lowest BCUT2D eigenvalue weighted by atomic mass is 10.1. The molecule has 0 saturated heterocycles. The molecule has 0 spiro atoms. The van der Waals surface area contributed by atoms with Crippen LogP contribution < -0.4 is 15.4 Å². The number of methoxy groups -OCH3 is 1. The summed E-state index contributed by atoms with van der Waals surface area (Å²) < 4.78 is 57.9. The van der Waals surface area contributed by atoms with E-state index in [2.05, 4.69) is 15.6 Å². The van der Waals surface area contributed by atoms with Crippen molar-refractivity contribution in [2.45, 2.75) is 65.2 Å². The Bertz CT molecular complexity index is 2010. The van der Waals surface area contributed by atoms with E-state index in [4.69, 9.17) is 19.5 Å². The van der Waals surface area contributed by atoms with Gasteiger partial charge in [0.25, 0.3) is 0 Å². The third-order valence-electron chi connectivity index (χ3n) is 8.01. The summed E-state index contributed by atoms with van der Waals surface area (Å²) in [7, 11) is 1.31. The summed E-state index contributed by atoms with van der Waals surface area (Å²) in [6, 6.07) is 17.9. The van der Waals surface area contributed by atoms with Gasteiger partial charge in [-0.25, -0.2) is 27.7 Å². The number of hydrogen-bond acceptors (Lipinski definition) is 9. The van der Waals surface area contributed by atoms with Gasteiger partial charge in [0.1, 0.15) is 29.7 Å². The van der Waals surface area contributed by atoms with Crippen molar-refractivity contribution in [2.75, 3.05) is 30.8 Å². The summed E-state index contributed by atoms with van der Waals surface area (Å²) in [6.45, 7) is 8.03. The molecule has 0 aliphatic heterocycles. The smallest absolute Gasteiger partial charge is 0.410 e. The van der Waals surface area contributed by atoms with Gasteiger partial charge in [-0.3, -0.25) is 4.79 Å². The third kappa shape index (κ3) is 11.4. The lowest BCUT2D eigenvalue weighted by Crippen LogP contribution is -2.40. The van der Waals surface area contributed by atoms with E-state index >= 15 is 0 Å². The number of aryl methyl sites for hydroxylation is 1. The molecule has 5 rings (SSSR count). The Hall–Kier alpha value is -6.10. The maximum atomic E-state index is 14.3. The molecule has 0 atom stereocenters. The monoisotopic (exact) mass is 745 g/mol. The molecule has 0 bridgehead atoms. The number of carbonyl (C=O) groups excluding carboxylic acids is 3. The van der Waals surface area contributed by atoms with Crippen molar-refractivity contribution in [1.29, 1.82) is 5.26 Å². The van der Waals surface area contributed by atoms with Crippen LogP contribution in [0.3, 0.4) is 0 Å². The SMILES string of the molecule is CCc1cc(F)c(-c2cccc(OCc3ccc(C#N)cc3F)n2)cc1F.COC(=O)c1ccc(NC=O)c(NCCN(C(=O)OC(C)(C)C)C2CC2)c1. The molecule has 14 heteroatoms. The van der Waals surface area contributed by atoms with Crippen molar-refractivity contribution >= 4 is 29.8 Å². The molecule has 1 aromatic heterocycles. The van der Waals surface area contributed by atoms with Crippen LogP contribution in [0.5, 0.6) is 5.88 Å². The van der Waals surface area contributed by atoms with Gasteiger partial charge in [0.05, 0.1) is 41.4 Å². The van der Waals surface area contributed by atoms with E-state index in [-0.39, 0.29) is 47.0 Å². The van der Waals surface area contributed by atoms with Crippen LogP contribution in [0.1, 0.15) is 67.6 Å². The molecule has 11 nitrogen and oxygen atoms in total. The van der Waals surface area contributed by atoms with Gasteiger partial charge < -0.3 is 29.7 Å². The van der Waals surface area contributed by atoms with Crippen LogP contribution >= 0.6 is 0 Å². The Balaban J connectivity index is 0.000000241. The molecule has 1 heterocycles. The van der Waals surface area contributed by atoms with Gasteiger partial charge in [-0.15, -0.1) is 0 Å². The normalized spacial score (nSPS) is 12.0. The second-order valence-electron chi connectivity index (χ2n) is 13.2. The molecule has 54 heavy (non-hydrogen) atoms. The highest BCUT2D eigenvalue weighted by atomic mass is 19.1. The first-order valence-corrected chi connectivity index (χ1v) is 17.2. The summed E-state index contributed by atoms with van der Waals surface area (Å²) in [6.07, 6.45) is 2.55. The van der Waals surface area contributed by atoms with Gasteiger partial charge in [0.2, 0.25) is 12.3 Å². The molecule has 4 aromatic rings. The van der Waals surface area contributed by atoms with Gasteiger partial charge in [0, 0.05) is 36.3 Å². The standard InChI is InChI=1S/C21H15F3N2O.C19H27N3O5/c1-2-14-9-19(24)16(10-18(14)23)20-4-3-5-21(26-20)27-12-15-7-6-13(11-25)8-17(15)22;1-19(2,3)27-18(25)22(14-6-7-14)10-9-20-16-11-13(17(24)26-4)5-8-15(16)21-12-23/h3-10H,2,12H2,1H3;5,8,11-12,14,20H,6-7,9-10H2,1-4H3,(H,21,23). The number of nitriles is 1. The van der Waals surface area contributed by atoms with Gasteiger partial charge in [-0.05, 0) is 94.1 Å². The number of pyridine rings is 1. The first-order chi connectivity index (χ1) is 25.8. The number of ether oxygens (including phenoxy) is 3. The quantitative estimate of drug-likeness (QED) is 0.103. The molecule has 1 aliphatic rings. The number of hydrogen-bond donors (Lipinski definition) is 2. The topological polar surface area (TPSA) is 143 Å². The van der Waals surface area contributed by atoms with Crippen molar-refractivity contribution in [3.8, 4) is 23.2 Å². The van der Waals surface area contributed by atoms with Crippen molar-refractivity contribution in [1.82, 2.24) is 9.88 Å². The summed E-state index contributed by atoms with van der Waals surface area (Å²) in [5.74, 6) is -1.95. The molecule has 3 aromatic carbocycles. The van der Waals surface area contributed by atoms with Crippen molar-refractivity contribution < 1.29 is 41.8 Å². The largest absolute Gasteiger partial charge is 0.473 e. The van der Waals surface area contributed by atoms with E-state index in [1.165, 1.54) is 19.2 Å². The van der Waals surface area contributed by atoms with Crippen LogP contribution in [-0.4, -0.2) is 60.2 Å². The Labute approximate surface area is 312 Å². The van der Waals surface area contributed by atoms with Crippen LogP contribution in [-0.2, 0) is 27.3 Å². The summed E-state index contributed by atoms with van der Waals surface area (Å²) >= 11 is 0. The van der Waals surface area contributed by atoms with E-state index in [9.17, 15) is 27.6 Å². The fourth-order valence-corrected chi connectivity index (χ4v) is 5.15. The Kier molecular flexibility index (Phi) is 14.0. The van der Waals surface area contributed by atoms with Crippen LogP contribution in [0.4, 0.5) is 29.3 Å². The molecule has 1 fully saturated rings. The zero-order valence-electron chi connectivity index (χ0n) is 30.7. The molecular weight excluding hydrogens is 703 g/mol. The van der Waals surface area contributed by atoms with E-state index in [1.807, 2.05) is 26.8 Å². The van der Waals surface area contributed by atoms with E-state index < -0.39 is 29.0 Å². The minimum absolute atomic E-state index is 0.0275. The molecule has 1 aliphatic carbocycles. The Morgan fingerprint density at radius 2 is 1.72 bits per heavy atom. The predicted molar refractivity (Wildman–Crippen MR) is 196 cm³/mol. The molecule has 2 N–H and O–H groups in total. The molecule has 0 unspecified atom stereocenters. The first-order valence-electron chi connectivity index (χ1n) is 17.2. The van der Waals surface area contributed by atoms with Crippen LogP contribution in [0.2, 0.25) is 0 Å². The number of esters is 1. The zero-order valence-corrected chi connectivity index (χ0v) is 30.7. The van der Waals surface area contributed by atoms with Crippen molar-refractivity contribution in [3.05, 3.63) is 106 Å². The van der Waals surface area contributed by atoms with Crippen LogP contribution in [0, 0.1) is 28.8 Å². The average molecular weight is 746 g/mol. The maximum absolute atomic E-state index is 14.3. The Morgan fingerprint density at radius 1 is 0.981 bits per heavy atom. The number of carbonyl (C=O) groups is 3. The molecular formula is C40H42F3N5O6. The summed E-state index contributed by atoms with van der Waals surface area (Å²) in [4.78, 5) is 40.8. The number of nitrogens with one attached hydrogen (secondary N) is 2. The zero-order chi connectivity index (χ0) is 39.4. The lowest BCUT2D eigenvalue weighted by Gasteiger charge is -2.27. The summed E-state index contributed by atoms with van der Waals surface area (Å²) in [5, 5.41) is 14.5. The number of aromatic nitrogens is 1. The first kappa shape index (κ1) is 40.7. The fraction of sp³-hybridized carbons (Fsp3) is 0.325. The molecule has 2 amide bonds. The minimum atomic E-state index is -0.573. The number of halogens is 3. The van der Waals surface area contributed by atoms with E-state index in [0.717, 1.165) is 31.0 Å². The second-order valence-corrected chi connectivity index (χ2v) is 13.2. The second kappa shape index (κ2) is 18.6. The lowest BCUT2D eigenvalue weighted by molar-refractivity contribution is -0.105. The average Bonchev–Trinajstić information content (AvgIpc) is 3.99. The highest BCUT2D eigenvalue weighted by Crippen LogP contribution is 2.29. The number of rotatable bonds is 13. The van der Waals surface area contributed by atoms with Gasteiger partial charge in [-0.1, -0.05) is 19.1 Å². The molecule has 1 saturated carbocycles. The predicted octanol–water partition coefficient (Wildman–Crippen LogP) is 8.03. The number of amides is 2. The van der Waals surface area contributed by atoms with Crippen LogP contribution in [0.25, 0.3) is 11.3 Å². The number of benzene rings is 3. The third-order valence-corrected chi connectivity index (χ3v) is 8.01. The molecule has 0 radical (unpaired) electrons. The highest BCUT2D eigenvalue weighted by molar-refractivity contribution is 5.93. The minimum Gasteiger partial charge on any atom is -0.473 e. The van der Waals surface area contributed by atoms with Crippen molar-refractivity contribution in [2.24, 2.45) is 0 Å². The maximum Gasteiger partial charge on any atom is 0.410 e. The van der Waals surface area contributed by atoms with Gasteiger partial charge >= 0.3 is 12.1 Å². The highest BCUT2D eigenvalue weighted by Gasteiger charge is 2.35. The molecule has 284 valence electrons. The fourth-order valence-electron chi connectivity index (χ4n) is 5.15. The number of anilines is 2. The Morgan fingerprint density at radius 3 is 2.35 bits per heavy atom.